The van der Waals surface area contributed by atoms with E-state index in [-0.39, 0.29) is 11.7 Å². The zero-order chi connectivity index (χ0) is 17.2. The topological polar surface area (TPSA) is 72.9 Å². The van der Waals surface area contributed by atoms with Gasteiger partial charge in [-0.25, -0.2) is 8.42 Å². The second-order valence-corrected chi connectivity index (χ2v) is 7.79. The Labute approximate surface area is 142 Å². The van der Waals surface area contributed by atoms with Crippen molar-refractivity contribution < 1.29 is 22.7 Å². The predicted molar refractivity (Wildman–Crippen MR) is 90.8 cm³/mol. The zero-order valence-electron chi connectivity index (χ0n) is 13.6. The summed E-state index contributed by atoms with van der Waals surface area (Å²) >= 11 is 0. The lowest BCUT2D eigenvalue weighted by atomic mass is 10.1. The minimum Gasteiger partial charge on any atom is -0.494 e. The number of benzene rings is 1. The van der Waals surface area contributed by atoms with Crippen molar-refractivity contribution in [3.63, 3.8) is 0 Å². The Balaban J connectivity index is 1.89. The van der Waals surface area contributed by atoms with E-state index in [0.717, 1.165) is 6.42 Å². The molecule has 0 unspecified atom stereocenters. The summed E-state index contributed by atoms with van der Waals surface area (Å²) in [6.45, 7) is 3.02. The number of nitrogens with zero attached hydrogens (tertiary/aromatic N) is 1. The van der Waals surface area contributed by atoms with Gasteiger partial charge in [0.15, 0.2) is 9.84 Å². The standard InChI is InChI=1S/C17H21NO5S/c1-2-22-15-7-5-13(6-8-15)18(14-9-11-24(20,21)12-14)17(19)16-4-3-10-23-16/h5-9,11,14,16H,2-4,10,12H2,1H3/t14-,16-/m1/s1. The monoisotopic (exact) mass is 351 g/mol. The summed E-state index contributed by atoms with van der Waals surface area (Å²) < 4.78 is 34.5. The van der Waals surface area contributed by atoms with Crippen LogP contribution in [-0.2, 0) is 19.4 Å². The third-order valence-corrected chi connectivity index (χ3v) is 5.49. The lowest BCUT2D eigenvalue weighted by molar-refractivity contribution is -0.127. The van der Waals surface area contributed by atoms with Gasteiger partial charge in [0.25, 0.3) is 5.91 Å². The summed E-state index contributed by atoms with van der Waals surface area (Å²) in [5.74, 6) is 0.419. The number of carbonyl (C=O) groups excluding carboxylic acids is 1. The predicted octanol–water partition coefficient (Wildman–Crippen LogP) is 1.91. The highest BCUT2D eigenvalue weighted by molar-refractivity contribution is 7.94. The first kappa shape index (κ1) is 17.0. The molecule has 0 aliphatic carbocycles. The fourth-order valence-electron chi connectivity index (χ4n) is 3.00. The number of amides is 1. The van der Waals surface area contributed by atoms with Crippen molar-refractivity contribution in [1.29, 1.82) is 0 Å². The highest BCUT2D eigenvalue weighted by Crippen LogP contribution is 2.28. The molecule has 1 fully saturated rings. The summed E-state index contributed by atoms with van der Waals surface area (Å²) in [5, 5.41) is 1.18. The molecule has 0 radical (unpaired) electrons. The molecule has 1 aromatic rings. The summed E-state index contributed by atoms with van der Waals surface area (Å²) in [6.07, 6.45) is 2.56. The van der Waals surface area contributed by atoms with Gasteiger partial charge < -0.3 is 14.4 Å². The Morgan fingerprint density at radius 2 is 2.08 bits per heavy atom. The third-order valence-electron chi connectivity index (χ3n) is 4.11. The molecule has 2 heterocycles. The molecule has 0 N–H and O–H groups in total. The van der Waals surface area contributed by atoms with E-state index in [9.17, 15) is 13.2 Å². The van der Waals surface area contributed by atoms with Crippen LogP contribution >= 0.6 is 0 Å². The molecule has 24 heavy (non-hydrogen) atoms. The summed E-state index contributed by atoms with van der Waals surface area (Å²) in [5.41, 5.74) is 0.644. The molecule has 7 heteroatoms. The minimum atomic E-state index is -3.26. The number of sulfone groups is 1. The van der Waals surface area contributed by atoms with Gasteiger partial charge in [-0.15, -0.1) is 0 Å². The Bertz CT molecular complexity index is 720. The highest BCUT2D eigenvalue weighted by atomic mass is 32.2. The van der Waals surface area contributed by atoms with Gasteiger partial charge in [0, 0.05) is 17.7 Å². The Morgan fingerprint density at radius 3 is 2.62 bits per heavy atom. The van der Waals surface area contributed by atoms with Gasteiger partial charge in [0.2, 0.25) is 0 Å². The first-order valence-electron chi connectivity index (χ1n) is 8.08. The van der Waals surface area contributed by atoms with E-state index < -0.39 is 22.0 Å². The Hall–Kier alpha value is -1.86. The second-order valence-electron chi connectivity index (χ2n) is 5.86. The van der Waals surface area contributed by atoms with E-state index >= 15 is 0 Å². The maximum absolute atomic E-state index is 12.9. The van der Waals surface area contributed by atoms with Gasteiger partial charge in [-0.2, -0.15) is 0 Å². The van der Waals surface area contributed by atoms with Crippen LogP contribution in [0.5, 0.6) is 5.75 Å². The molecule has 3 rings (SSSR count). The number of carbonyl (C=O) groups is 1. The van der Waals surface area contributed by atoms with Crippen molar-refractivity contribution >= 4 is 21.4 Å². The first-order chi connectivity index (χ1) is 11.5. The molecule has 2 aliphatic rings. The van der Waals surface area contributed by atoms with E-state index in [2.05, 4.69) is 0 Å². The average molecular weight is 351 g/mol. The van der Waals surface area contributed by atoms with Crippen molar-refractivity contribution in [2.45, 2.75) is 31.9 Å². The van der Waals surface area contributed by atoms with Crippen LogP contribution in [-0.4, -0.2) is 45.4 Å². The largest absolute Gasteiger partial charge is 0.494 e. The third kappa shape index (κ3) is 3.62. The summed E-state index contributed by atoms with van der Waals surface area (Å²) in [6, 6.07) is 6.60. The number of ether oxygens (including phenoxy) is 2. The molecule has 130 valence electrons. The molecule has 6 nitrogen and oxygen atoms in total. The van der Waals surface area contributed by atoms with Gasteiger partial charge in [-0.1, -0.05) is 0 Å². The molecule has 1 saturated heterocycles. The molecule has 1 aromatic carbocycles. The van der Waals surface area contributed by atoms with Gasteiger partial charge in [-0.05, 0) is 50.1 Å². The van der Waals surface area contributed by atoms with Crippen LogP contribution in [0, 0.1) is 0 Å². The molecular formula is C17H21NO5S. The fraction of sp³-hybridized carbons (Fsp3) is 0.471. The van der Waals surface area contributed by atoms with E-state index in [0.29, 0.717) is 31.1 Å². The van der Waals surface area contributed by atoms with Crippen molar-refractivity contribution in [3.8, 4) is 5.75 Å². The van der Waals surface area contributed by atoms with E-state index in [1.54, 1.807) is 30.3 Å². The second kappa shape index (κ2) is 6.94. The summed E-state index contributed by atoms with van der Waals surface area (Å²) in [7, 11) is -3.26. The van der Waals surface area contributed by atoms with E-state index in [4.69, 9.17) is 9.47 Å². The smallest absolute Gasteiger partial charge is 0.256 e. The van der Waals surface area contributed by atoms with Crippen LogP contribution in [0.3, 0.4) is 0 Å². The minimum absolute atomic E-state index is 0.0985. The normalized spacial score (nSPS) is 24.9. The van der Waals surface area contributed by atoms with Crippen LogP contribution < -0.4 is 9.64 Å². The van der Waals surface area contributed by atoms with E-state index in [1.807, 2.05) is 6.92 Å². The average Bonchev–Trinajstić information content (AvgIpc) is 3.19. The van der Waals surface area contributed by atoms with Crippen LogP contribution in [0.4, 0.5) is 5.69 Å². The van der Waals surface area contributed by atoms with Crippen LogP contribution in [0.15, 0.2) is 35.7 Å². The zero-order valence-corrected chi connectivity index (χ0v) is 14.4. The van der Waals surface area contributed by atoms with Crippen molar-refractivity contribution in [2.24, 2.45) is 0 Å². The number of hydrogen-bond donors (Lipinski definition) is 0. The van der Waals surface area contributed by atoms with Crippen molar-refractivity contribution in [2.75, 3.05) is 23.9 Å². The number of anilines is 1. The van der Waals surface area contributed by atoms with E-state index in [1.165, 1.54) is 10.3 Å². The molecule has 2 aliphatic heterocycles. The fourth-order valence-corrected chi connectivity index (χ4v) is 4.27. The summed E-state index contributed by atoms with van der Waals surface area (Å²) in [4.78, 5) is 14.4. The van der Waals surface area contributed by atoms with Gasteiger partial charge >= 0.3 is 0 Å². The lowest BCUT2D eigenvalue weighted by Gasteiger charge is -2.29. The number of hydrogen-bond acceptors (Lipinski definition) is 5. The molecule has 2 atom stereocenters. The number of rotatable bonds is 5. The van der Waals surface area contributed by atoms with Crippen molar-refractivity contribution in [1.82, 2.24) is 0 Å². The van der Waals surface area contributed by atoms with Crippen LogP contribution in [0.25, 0.3) is 0 Å². The van der Waals surface area contributed by atoms with Crippen molar-refractivity contribution in [3.05, 3.63) is 35.7 Å². The lowest BCUT2D eigenvalue weighted by Crippen LogP contribution is -2.46. The molecule has 0 spiro atoms. The molecule has 0 aromatic heterocycles. The van der Waals surface area contributed by atoms with Gasteiger partial charge in [-0.3, -0.25) is 4.79 Å². The van der Waals surface area contributed by atoms with Crippen LogP contribution in [0.1, 0.15) is 19.8 Å². The maximum Gasteiger partial charge on any atom is 0.256 e. The maximum atomic E-state index is 12.9. The Kier molecular flexibility index (Phi) is 4.91. The first-order valence-corrected chi connectivity index (χ1v) is 9.80. The van der Waals surface area contributed by atoms with Gasteiger partial charge in [0.1, 0.15) is 11.9 Å². The molecule has 0 saturated carbocycles. The molecule has 1 amide bonds. The highest BCUT2D eigenvalue weighted by Gasteiger charge is 2.36. The van der Waals surface area contributed by atoms with Gasteiger partial charge in [0.05, 0.1) is 18.4 Å². The SMILES string of the molecule is CCOc1ccc(N(C(=O)[C@H]2CCCO2)[C@@H]2C=CS(=O)(=O)C2)cc1. The molecular weight excluding hydrogens is 330 g/mol. The molecule has 0 bridgehead atoms. The van der Waals surface area contributed by atoms with Crippen LogP contribution in [0.2, 0.25) is 0 Å². The Morgan fingerprint density at radius 1 is 1.33 bits per heavy atom. The quantitative estimate of drug-likeness (QED) is 0.810.